The number of hydrogen-bond acceptors (Lipinski definition) is 4. The van der Waals surface area contributed by atoms with Crippen molar-refractivity contribution in [3.05, 3.63) is 95.3 Å². The summed E-state index contributed by atoms with van der Waals surface area (Å²) < 4.78 is 5.85. The quantitative estimate of drug-likeness (QED) is 0.504. The van der Waals surface area contributed by atoms with Crippen LogP contribution in [0.5, 0.6) is 5.75 Å². The van der Waals surface area contributed by atoms with Gasteiger partial charge in [-0.05, 0) is 61.2 Å². The zero-order valence-electron chi connectivity index (χ0n) is 19.5. The van der Waals surface area contributed by atoms with Gasteiger partial charge in [0.25, 0.3) is 5.91 Å². The summed E-state index contributed by atoms with van der Waals surface area (Å²) in [5.41, 5.74) is 3.19. The number of aromatic nitrogens is 1. The Morgan fingerprint density at radius 3 is 2.39 bits per heavy atom. The van der Waals surface area contributed by atoms with Crippen LogP contribution >= 0.6 is 0 Å². The van der Waals surface area contributed by atoms with Gasteiger partial charge in [-0.3, -0.25) is 14.6 Å². The summed E-state index contributed by atoms with van der Waals surface area (Å²) in [7, 11) is 0. The highest BCUT2D eigenvalue weighted by molar-refractivity contribution is 5.98. The van der Waals surface area contributed by atoms with Crippen molar-refractivity contribution in [1.29, 1.82) is 0 Å². The highest BCUT2D eigenvalue weighted by atomic mass is 16.5. The van der Waals surface area contributed by atoms with Crippen LogP contribution in [0.1, 0.15) is 54.0 Å². The molecule has 0 spiro atoms. The van der Waals surface area contributed by atoms with Gasteiger partial charge in [-0.15, -0.1) is 0 Å². The average Bonchev–Trinajstić information content (AvgIpc) is 2.82. The molecule has 2 N–H and O–H groups in total. The van der Waals surface area contributed by atoms with Crippen LogP contribution in [0, 0.1) is 12.8 Å². The molecule has 0 radical (unpaired) electrons. The molecule has 0 saturated heterocycles. The summed E-state index contributed by atoms with van der Waals surface area (Å²) in [6.07, 6.45) is 1.73. The molecule has 6 heteroatoms. The topological polar surface area (TPSA) is 80.3 Å². The molecule has 0 aliphatic carbocycles. The third-order valence-electron chi connectivity index (χ3n) is 5.46. The second-order valence-corrected chi connectivity index (χ2v) is 8.42. The van der Waals surface area contributed by atoms with Gasteiger partial charge in [0, 0.05) is 11.8 Å². The van der Waals surface area contributed by atoms with E-state index in [1.54, 1.807) is 12.3 Å². The monoisotopic (exact) mass is 445 g/mol. The first kappa shape index (κ1) is 24.0. The van der Waals surface area contributed by atoms with Crippen LogP contribution in [0.3, 0.4) is 0 Å². The number of pyridine rings is 1. The maximum Gasteiger partial charge on any atom is 0.252 e. The van der Waals surface area contributed by atoms with Crippen LogP contribution in [-0.2, 0) is 11.4 Å². The molecule has 3 rings (SSSR count). The van der Waals surface area contributed by atoms with Crippen molar-refractivity contribution in [3.63, 3.8) is 0 Å². The Bertz CT molecular complexity index is 1080. The molecular formula is C27H31N3O3. The lowest BCUT2D eigenvalue weighted by Crippen LogP contribution is -2.50. The molecule has 33 heavy (non-hydrogen) atoms. The highest BCUT2D eigenvalue weighted by Gasteiger charge is 2.26. The SMILES string of the molecule is Cc1ccccc1C(=O)NC(C(=O)NC(C)c1cccc(OCc2ccccn2)c1)C(C)C. The Hall–Kier alpha value is -3.67. The molecule has 2 amide bonds. The standard InChI is InChI=1S/C27H31N3O3/c1-18(2)25(30-26(31)24-14-6-5-10-19(24)3)27(32)29-20(4)21-11-9-13-23(16-21)33-17-22-12-7-8-15-28-22/h5-16,18,20,25H,17H2,1-4H3,(H,29,32)(H,30,31). The summed E-state index contributed by atoms with van der Waals surface area (Å²) in [6, 6.07) is 19.7. The van der Waals surface area contributed by atoms with E-state index < -0.39 is 6.04 Å². The van der Waals surface area contributed by atoms with Crippen LogP contribution in [-0.4, -0.2) is 22.8 Å². The van der Waals surface area contributed by atoms with Crippen molar-refractivity contribution in [2.24, 2.45) is 5.92 Å². The average molecular weight is 446 g/mol. The minimum atomic E-state index is -0.650. The molecule has 0 saturated carbocycles. The van der Waals surface area contributed by atoms with E-state index in [0.29, 0.717) is 17.9 Å². The van der Waals surface area contributed by atoms with E-state index in [-0.39, 0.29) is 23.8 Å². The number of benzene rings is 2. The molecule has 0 aliphatic heterocycles. The van der Waals surface area contributed by atoms with E-state index >= 15 is 0 Å². The predicted octanol–water partition coefficient (Wildman–Crippen LogP) is 4.60. The number of nitrogens with one attached hydrogen (secondary N) is 2. The first-order chi connectivity index (χ1) is 15.8. The largest absolute Gasteiger partial charge is 0.487 e. The lowest BCUT2D eigenvalue weighted by atomic mass is 10.0. The van der Waals surface area contributed by atoms with Gasteiger partial charge in [0.05, 0.1) is 11.7 Å². The molecule has 1 heterocycles. The molecule has 1 aromatic heterocycles. The lowest BCUT2D eigenvalue weighted by Gasteiger charge is -2.24. The maximum atomic E-state index is 13.1. The zero-order chi connectivity index (χ0) is 23.8. The van der Waals surface area contributed by atoms with Crippen LogP contribution < -0.4 is 15.4 Å². The number of carbonyl (C=O) groups excluding carboxylic acids is 2. The van der Waals surface area contributed by atoms with Crippen molar-refractivity contribution in [2.45, 2.75) is 46.4 Å². The van der Waals surface area contributed by atoms with Gasteiger partial charge < -0.3 is 15.4 Å². The summed E-state index contributed by atoms with van der Waals surface area (Å²) in [6.45, 7) is 7.99. The Labute approximate surface area is 195 Å². The van der Waals surface area contributed by atoms with Gasteiger partial charge in [-0.2, -0.15) is 0 Å². The number of amides is 2. The van der Waals surface area contributed by atoms with Crippen molar-refractivity contribution < 1.29 is 14.3 Å². The lowest BCUT2D eigenvalue weighted by molar-refractivity contribution is -0.124. The maximum absolute atomic E-state index is 13.1. The normalized spacial score (nSPS) is 12.6. The van der Waals surface area contributed by atoms with Gasteiger partial charge in [-0.1, -0.05) is 50.2 Å². The molecule has 6 nitrogen and oxygen atoms in total. The van der Waals surface area contributed by atoms with Crippen molar-refractivity contribution in [3.8, 4) is 5.75 Å². The summed E-state index contributed by atoms with van der Waals surface area (Å²) in [5.74, 6) is 0.157. The second kappa shape index (κ2) is 11.3. The van der Waals surface area contributed by atoms with Crippen molar-refractivity contribution in [2.75, 3.05) is 0 Å². The van der Waals surface area contributed by atoms with E-state index in [4.69, 9.17) is 4.74 Å². The van der Waals surface area contributed by atoms with E-state index in [1.165, 1.54) is 0 Å². The molecule has 0 aliphatic rings. The molecule has 2 aromatic carbocycles. The molecule has 0 bridgehead atoms. The first-order valence-electron chi connectivity index (χ1n) is 11.1. The zero-order valence-corrected chi connectivity index (χ0v) is 19.5. The van der Waals surface area contributed by atoms with Gasteiger partial charge in [0.2, 0.25) is 5.91 Å². The van der Waals surface area contributed by atoms with Crippen LogP contribution in [0.25, 0.3) is 0 Å². The Morgan fingerprint density at radius 2 is 1.70 bits per heavy atom. The molecular weight excluding hydrogens is 414 g/mol. The molecule has 172 valence electrons. The van der Waals surface area contributed by atoms with Gasteiger partial charge >= 0.3 is 0 Å². The molecule has 2 atom stereocenters. The van der Waals surface area contributed by atoms with E-state index in [1.807, 2.05) is 88.4 Å². The Balaban J connectivity index is 1.64. The fraction of sp³-hybridized carbons (Fsp3) is 0.296. The summed E-state index contributed by atoms with van der Waals surface area (Å²) >= 11 is 0. The highest BCUT2D eigenvalue weighted by Crippen LogP contribution is 2.20. The number of aryl methyl sites for hydroxylation is 1. The van der Waals surface area contributed by atoms with Gasteiger partial charge in [0.1, 0.15) is 18.4 Å². The Morgan fingerprint density at radius 1 is 0.939 bits per heavy atom. The van der Waals surface area contributed by atoms with Gasteiger partial charge in [0.15, 0.2) is 0 Å². The van der Waals surface area contributed by atoms with Crippen LogP contribution in [0.4, 0.5) is 0 Å². The first-order valence-corrected chi connectivity index (χ1v) is 11.1. The summed E-state index contributed by atoms with van der Waals surface area (Å²) in [5, 5.41) is 5.93. The molecule has 0 fully saturated rings. The minimum absolute atomic E-state index is 0.0711. The smallest absolute Gasteiger partial charge is 0.252 e. The fourth-order valence-electron chi connectivity index (χ4n) is 3.48. The number of rotatable bonds is 9. The number of ether oxygens (including phenoxy) is 1. The number of carbonyl (C=O) groups is 2. The second-order valence-electron chi connectivity index (χ2n) is 8.42. The van der Waals surface area contributed by atoms with Gasteiger partial charge in [-0.25, -0.2) is 0 Å². The van der Waals surface area contributed by atoms with Crippen LogP contribution in [0.15, 0.2) is 72.9 Å². The third kappa shape index (κ3) is 6.65. The fourth-order valence-corrected chi connectivity index (χ4v) is 3.48. The Kier molecular flexibility index (Phi) is 8.19. The van der Waals surface area contributed by atoms with E-state index in [9.17, 15) is 9.59 Å². The van der Waals surface area contributed by atoms with Crippen molar-refractivity contribution >= 4 is 11.8 Å². The summed E-state index contributed by atoms with van der Waals surface area (Å²) in [4.78, 5) is 30.1. The predicted molar refractivity (Wildman–Crippen MR) is 129 cm³/mol. The molecule has 2 unspecified atom stereocenters. The third-order valence-corrected chi connectivity index (χ3v) is 5.46. The van der Waals surface area contributed by atoms with E-state index in [2.05, 4.69) is 15.6 Å². The number of nitrogens with zero attached hydrogens (tertiary/aromatic N) is 1. The van der Waals surface area contributed by atoms with Crippen molar-refractivity contribution in [1.82, 2.24) is 15.6 Å². The van der Waals surface area contributed by atoms with Crippen LogP contribution in [0.2, 0.25) is 0 Å². The molecule has 3 aromatic rings. The number of hydrogen-bond donors (Lipinski definition) is 2. The minimum Gasteiger partial charge on any atom is -0.487 e. The van der Waals surface area contributed by atoms with E-state index in [0.717, 1.165) is 16.8 Å².